The minimum absolute atomic E-state index is 0.00503. The summed E-state index contributed by atoms with van der Waals surface area (Å²) in [5.41, 5.74) is 6.93. The number of hydrogen-bond acceptors (Lipinski definition) is 4. The van der Waals surface area contributed by atoms with Gasteiger partial charge in [0.2, 0.25) is 0 Å². The average molecular weight is 366 g/mol. The third-order valence-corrected chi connectivity index (χ3v) is 4.72. The van der Waals surface area contributed by atoms with Crippen molar-refractivity contribution >= 4 is 0 Å². The van der Waals surface area contributed by atoms with Crippen molar-refractivity contribution in [3.05, 3.63) is 23.8 Å². The van der Waals surface area contributed by atoms with E-state index in [1.165, 1.54) is 12.8 Å². The van der Waals surface area contributed by atoms with E-state index in [0.29, 0.717) is 5.92 Å². The second-order valence-electron chi connectivity index (χ2n) is 8.33. The quantitative estimate of drug-likeness (QED) is 0.503. The Morgan fingerprint density at radius 2 is 1.85 bits per heavy atom. The first kappa shape index (κ1) is 22.8. The summed E-state index contributed by atoms with van der Waals surface area (Å²) in [7, 11) is 1.68. The number of benzene rings is 1. The van der Waals surface area contributed by atoms with Crippen molar-refractivity contribution < 1.29 is 14.6 Å². The number of rotatable bonds is 13. The number of ether oxygens (including phenoxy) is 2. The largest absolute Gasteiger partial charge is 0.496 e. The molecule has 1 aromatic rings. The Morgan fingerprint density at radius 1 is 1.12 bits per heavy atom. The Labute approximate surface area is 160 Å². The smallest absolute Gasteiger partial charge is 0.125 e. The molecule has 0 aliphatic rings. The van der Waals surface area contributed by atoms with Crippen LogP contribution in [-0.2, 0) is 6.42 Å². The fourth-order valence-corrected chi connectivity index (χ4v) is 3.31. The molecular weight excluding hydrogens is 326 g/mol. The summed E-state index contributed by atoms with van der Waals surface area (Å²) in [5.74, 6) is 2.88. The lowest BCUT2D eigenvalue weighted by Gasteiger charge is -2.29. The van der Waals surface area contributed by atoms with Crippen LogP contribution in [0.15, 0.2) is 18.2 Å². The summed E-state index contributed by atoms with van der Waals surface area (Å²) in [6.07, 6.45) is 5.83. The maximum absolute atomic E-state index is 9.68. The van der Waals surface area contributed by atoms with Gasteiger partial charge in [-0.1, -0.05) is 40.2 Å². The molecule has 0 amide bonds. The first-order chi connectivity index (χ1) is 12.3. The zero-order valence-electron chi connectivity index (χ0n) is 17.4. The van der Waals surface area contributed by atoms with Crippen LogP contribution < -0.4 is 15.2 Å². The Kier molecular flexibility index (Phi) is 10.0. The lowest BCUT2D eigenvalue weighted by atomic mass is 9.85. The van der Waals surface area contributed by atoms with Gasteiger partial charge in [0, 0.05) is 11.6 Å². The normalized spacial score (nSPS) is 13.9. The van der Waals surface area contributed by atoms with Gasteiger partial charge in [-0.05, 0) is 55.6 Å². The van der Waals surface area contributed by atoms with E-state index in [1.54, 1.807) is 7.11 Å². The van der Waals surface area contributed by atoms with Gasteiger partial charge in [0.25, 0.3) is 0 Å². The predicted molar refractivity (Wildman–Crippen MR) is 109 cm³/mol. The van der Waals surface area contributed by atoms with E-state index in [9.17, 15) is 5.11 Å². The number of unbranched alkanes of at least 4 members (excludes halogenated alkanes) is 1. The van der Waals surface area contributed by atoms with Crippen LogP contribution in [0.5, 0.6) is 11.5 Å². The van der Waals surface area contributed by atoms with Crippen molar-refractivity contribution in [2.45, 2.75) is 71.8 Å². The van der Waals surface area contributed by atoms with Gasteiger partial charge in [-0.25, -0.2) is 0 Å². The van der Waals surface area contributed by atoms with Crippen LogP contribution in [0.25, 0.3) is 0 Å². The standard InChI is InChI=1S/C22H39NO3/c1-17(2)8-6-7-13-26-20-10-9-19(21(14-20)25-5)11-12-22(23,16-24)15-18(3)4/h9-10,14,17-18,24H,6-8,11-13,15-16,23H2,1-5H3/t22-/m0/s1. The van der Waals surface area contributed by atoms with Crippen LogP contribution in [0, 0.1) is 11.8 Å². The molecule has 0 unspecified atom stereocenters. The summed E-state index contributed by atoms with van der Waals surface area (Å²) in [5, 5.41) is 9.68. The topological polar surface area (TPSA) is 64.7 Å². The van der Waals surface area contributed by atoms with Gasteiger partial charge in [0.15, 0.2) is 0 Å². The molecule has 0 fully saturated rings. The predicted octanol–water partition coefficient (Wildman–Crippen LogP) is 4.57. The number of aryl methyl sites for hydroxylation is 1. The lowest BCUT2D eigenvalue weighted by Crippen LogP contribution is -2.45. The third-order valence-electron chi connectivity index (χ3n) is 4.72. The van der Waals surface area contributed by atoms with Gasteiger partial charge in [-0.15, -0.1) is 0 Å². The molecule has 1 rings (SSSR count). The third kappa shape index (κ3) is 8.41. The first-order valence-corrected chi connectivity index (χ1v) is 9.99. The molecule has 0 spiro atoms. The van der Waals surface area contributed by atoms with Gasteiger partial charge in [-0.2, -0.15) is 0 Å². The van der Waals surface area contributed by atoms with Gasteiger partial charge in [0.1, 0.15) is 11.5 Å². The summed E-state index contributed by atoms with van der Waals surface area (Å²) in [6, 6.07) is 6.01. The number of aliphatic hydroxyl groups excluding tert-OH is 1. The summed E-state index contributed by atoms with van der Waals surface area (Å²) in [4.78, 5) is 0. The molecule has 0 aliphatic heterocycles. The highest BCUT2D eigenvalue weighted by Gasteiger charge is 2.25. The fourth-order valence-electron chi connectivity index (χ4n) is 3.31. The van der Waals surface area contributed by atoms with Crippen LogP contribution in [0.2, 0.25) is 0 Å². The van der Waals surface area contributed by atoms with E-state index in [0.717, 1.165) is 55.3 Å². The van der Waals surface area contributed by atoms with Crippen LogP contribution in [0.3, 0.4) is 0 Å². The summed E-state index contributed by atoms with van der Waals surface area (Å²) >= 11 is 0. The van der Waals surface area contributed by atoms with Crippen LogP contribution in [-0.4, -0.2) is 31.0 Å². The Balaban J connectivity index is 2.59. The second kappa shape index (κ2) is 11.5. The van der Waals surface area contributed by atoms with E-state index in [4.69, 9.17) is 15.2 Å². The average Bonchev–Trinajstić information content (AvgIpc) is 2.59. The van der Waals surface area contributed by atoms with Crippen molar-refractivity contribution in [1.82, 2.24) is 0 Å². The molecule has 0 heterocycles. The van der Waals surface area contributed by atoms with Crippen molar-refractivity contribution in [1.29, 1.82) is 0 Å². The van der Waals surface area contributed by atoms with E-state index in [-0.39, 0.29) is 6.61 Å². The minimum Gasteiger partial charge on any atom is -0.496 e. The summed E-state index contributed by atoms with van der Waals surface area (Å²) < 4.78 is 11.4. The summed E-state index contributed by atoms with van der Waals surface area (Å²) in [6.45, 7) is 9.50. The minimum atomic E-state index is -0.537. The van der Waals surface area contributed by atoms with Crippen LogP contribution >= 0.6 is 0 Å². The zero-order chi connectivity index (χ0) is 19.6. The first-order valence-electron chi connectivity index (χ1n) is 9.99. The molecule has 3 N–H and O–H groups in total. The SMILES string of the molecule is COc1cc(OCCCCC(C)C)ccc1CC[C@@](N)(CO)CC(C)C. The molecule has 1 atom stereocenters. The van der Waals surface area contributed by atoms with Gasteiger partial charge < -0.3 is 20.3 Å². The molecule has 4 nitrogen and oxygen atoms in total. The molecule has 1 aromatic carbocycles. The Morgan fingerprint density at radius 3 is 2.42 bits per heavy atom. The number of methoxy groups -OCH3 is 1. The van der Waals surface area contributed by atoms with Crippen LogP contribution in [0.1, 0.15) is 65.4 Å². The van der Waals surface area contributed by atoms with E-state index in [2.05, 4.69) is 33.8 Å². The number of nitrogens with two attached hydrogens (primary N) is 1. The molecule has 4 heteroatoms. The van der Waals surface area contributed by atoms with Crippen molar-refractivity contribution in [3.8, 4) is 11.5 Å². The van der Waals surface area contributed by atoms with E-state index >= 15 is 0 Å². The maximum Gasteiger partial charge on any atom is 0.125 e. The molecule has 26 heavy (non-hydrogen) atoms. The van der Waals surface area contributed by atoms with E-state index < -0.39 is 5.54 Å². The molecule has 0 saturated heterocycles. The van der Waals surface area contributed by atoms with Crippen molar-refractivity contribution in [2.24, 2.45) is 17.6 Å². The van der Waals surface area contributed by atoms with Gasteiger partial charge in [0.05, 0.1) is 20.3 Å². The van der Waals surface area contributed by atoms with Crippen molar-refractivity contribution in [3.63, 3.8) is 0 Å². The Bertz CT molecular complexity index is 516. The molecule has 0 radical (unpaired) electrons. The molecule has 0 aromatic heterocycles. The highest BCUT2D eigenvalue weighted by Crippen LogP contribution is 2.28. The Hall–Kier alpha value is -1.26. The van der Waals surface area contributed by atoms with Gasteiger partial charge >= 0.3 is 0 Å². The highest BCUT2D eigenvalue weighted by atomic mass is 16.5. The molecule has 150 valence electrons. The zero-order valence-corrected chi connectivity index (χ0v) is 17.4. The molecule has 0 saturated carbocycles. The molecular formula is C22H39NO3. The maximum atomic E-state index is 9.68. The van der Waals surface area contributed by atoms with Crippen molar-refractivity contribution in [2.75, 3.05) is 20.3 Å². The monoisotopic (exact) mass is 365 g/mol. The number of hydrogen-bond donors (Lipinski definition) is 2. The molecule has 0 bridgehead atoms. The second-order valence-corrected chi connectivity index (χ2v) is 8.33. The highest BCUT2D eigenvalue weighted by molar-refractivity contribution is 5.41. The fraction of sp³-hybridized carbons (Fsp3) is 0.727. The van der Waals surface area contributed by atoms with Gasteiger partial charge in [-0.3, -0.25) is 0 Å². The number of aliphatic hydroxyl groups is 1. The molecule has 0 aliphatic carbocycles. The lowest BCUT2D eigenvalue weighted by molar-refractivity contribution is 0.165. The van der Waals surface area contributed by atoms with E-state index in [1.807, 2.05) is 12.1 Å². The van der Waals surface area contributed by atoms with Crippen LogP contribution in [0.4, 0.5) is 0 Å².